The fraction of sp³-hybridized carbons (Fsp3) is 0.350. The minimum atomic E-state index is -0.619. The van der Waals surface area contributed by atoms with Crippen LogP contribution in [-0.2, 0) is 30.4 Å². The van der Waals surface area contributed by atoms with Crippen LogP contribution in [0, 0.1) is 5.92 Å². The van der Waals surface area contributed by atoms with Crippen molar-refractivity contribution in [1.29, 1.82) is 0 Å². The smallest absolute Gasteiger partial charge is 0.253 e. The Labute approximate surface area is 163 Å². The maximum absolute atomic E-state index is 12.6. The molecule has 0 saturated carbocycles. The van der Waals surface area contributed by atoms with E-state index in [0.29, 0.717) is 6.42 Å². The van der Waals surface area contributed by atoms with Crippen molar-refractivity contribution in [3.63, 3.8) is 0 Å². The van der Waals surface area contributed by atoms with Crippen molar-refractivity contribution >= 4 is 29.4 Å². The molecule has 1 aromatic carbocycles. The summed E-state index contributed by atoms with van der Waals surface area (Å²) in [5.41, 5.74) is 0.907. The van der Waals surface area contributed by atoms with Gasteiger partial charge >= 0.3 is 0 Å². The number of hydrogen-bond donors (Lipinski definition) is 2. The molecule has 0 unspecified atom stereocenters. The van der Waals surface area contributed by atoms with Crippen LogP contribution in [0.25, 0.3) is 0 Å². The Morgan fingerprint density at radius 1 is 1.00 bits per heavy atom. The first-order valence-electron chi connectivity index (χ1n) is 8.98. The molecule has 0 spiro atoms. The summed E-state index contributed by atoms with van der Waals surface area (Å²) in [4.78, 5) is 59.8. The number of imide groups is 1. The van der Waals surface area contributed by atoms with E-state index < -0.39 is 17.7 Å². The Bertz CT molecular complexity index is 770. The number of Topliss-reactive ketones (excluding diaryl/α,β-unsaturated/α-hetero) is 1. The Kier molecular flexibility index (Phi) is 7.62. The quantitative estimate of drug-likeness (QED) is 0.550. The molecule has 1 aliphatic rings. The van der Waals surface area contributed by atoms with Crippen molar-refractivity contribution in [2.45, 2.75) is 19.8 Å². The van der Waals surface area contributed by atoms with Crippen molar-refractivity contribution in [1.82, 2.24) is 15.5 Å². The Morgan fingerprint density at radius 3 is 2.25 bits per heavy atom. The first-order valence-corrected chi connectivity index (χ1v) is 8.98. The van der Waals surface area contributed by atoms with E-state index in [9.17, 15) is 24.0 Å². The maximum atomic E-state index is 12.6. The molecule has 8 heteroatoms. The van der Waals surface area contributed by atoms with Gasteiger partial charge in [0.2, 0.25) is 11.8 Å². The predicted molar refractivity (Wildman–Crippen MR) is 101 cm³/mol. The van der Waals surface area contributed by atoms with Gasteiger partial charge in [-0.25, -0.2) is 0 Å². The van der Waals surface area contributed by atoms with E-state index in [1.54, 1.807) is 0 Å². The van der Waals surface area contributed by atoms with Gasteiger partial charge in [-0.1, -0.05) is 30.3 Å². The third-order valence-electron chi connectivity index (χ3n) is 4.24. The minimum absolute atomic E-state index is 0.0237. The van der Waals surface area contributed by atoms with Crippen LogP contribution in [-0.4, -0.2) is 53.9 Å². The van der Waals surface area contributed by atoms with Crippen LogP contribution in [0.5, 0.6) is 0 Å². The van der Waals surface area contributed by atoms with Crippen LogP contribution in [0.3, 0.4) is 0 Å². The number of ketones is 1. The zero-order valence-electron chi connectivity index (χ0n) is 15.6. The summed E-state index contributed by atoms with van der Waals surface area (Å²) >= 11 is 0. The summed E-state index contributed by atoms with van der Waals surface area (Å²) in [6.45, 7) is 1.35. The summed E-state index contributed by atoms with van der Waals surface area (Å²) in [5, 5.41) is 5.12. The van der Waals surface area contributed by atoms with Crippen molar-refractivity contribution in [2.24, 2.45) is 5.92 Å². The van der Waals surface area contributed by atoms with Crippen LogP contribution in [0.2, 0.25) is 0 Å². The summed E-state index contributed by atoms with van der Waals surface area (Å²) < 4.78 is 0. The second-order valence-corrected chi connectivity index (χ2v) is 6.49. The summed E-state index contributed by atoms with van der Waals surface area (Å²) in [5.74, 6) is -2.35. The summed E-state index contributed by atoms with van der Waals surface area (Å²) in [6, 6.07) is 9.29. The lowest BCUT2D eigenvalue weighted by molar-refractivity contribution is -0.137. The standard InChI is InChI=1S/C20H23N3O5/c1-14(24)22-13-17(25)12-16(11-15-5-3-2-4-6-15)20(28)21-9-10-23-18(26)7-8-19(23)27/h2-8,16H,9-13H2,1H3,(H,21,28)(H,22,24)/t16-/m1/s1. The molecule has 0 saturated heterocycles. The molecule has 2 N–H and O–H groups in total. The molecule has 4 amide bonds. The highest BCUT2D eigenvalue weighted by atomic mass is 16.2. The van der Waals surface area contributed by atoms with E-state index in [-0.39, 0.29) is 43.7 Å². The van der Waals surface area contributed by atoms with Gasteiger partial charge in [-0.3, -0.25) is 28.9 Å². The van der Waals surface area contributed by atoms with Crippen molar-refractivity contribution in [3.8, 4) is 0 Å². The van der Waals surface area contributed by atoms with E-state index >= 15 is 0 Å². The largest absolute Gasteiger partial charge is 0.354 e. The number of nitrogens with zero attached hydrogens (tertiary/aromatic N) is 1. The van der Waals surface area contributed by atoms with E-state index in [1.807, 2.05) is 30.3 Å². The minimum Gasteiger partial charge on any atom is -0.354 e. The van der Waals surface area contributed by atoms with Crippen LogP contribution in [0.15, 0.2) is 42.5 Å². The van der Waals surface area contributed by atoms with Crippen molar-refractivity contribution in [3.05, 3.63) is 48.0 Å². The lowest BCUT2D eigenvalue weighted by Gasteiger charge is -2.18. The van der Waals surface area contributed by atoms with Crippen LogP contribution in [0.4, 0.5) is 0 Å². The number of benzene rings is 1. The molecule has 0 fully saturated rings. The molecule has 28 heavy (non-hydrogen) atoms. The number of hydrogen-bond acceptors (Lipinski definition) is 5. The molecule has 148 valence electrons. The van der Waals surface area contributed by atoms with Gasteiger partial charge in [0.05, 0.1) is 6.54 Å². The van der Waals surface area contributed by atoms with Gasteiger partial charge < -0.3 is 10.6 Å². The zero-order valence-corrected chi connectivity index (χ0v) is 15.6. The first kappa shape index (κ1) is 21.0. The average Bonchev–Trinajstić information content (AvgIpc) is 2.98. The van der Waals surface area contributed by atoms with Gasteiger partial charge in [-0.15, -0.1) is 0 Å². The second-order valence-electron chi connectivity index (χ2n) is 6.49. The SMILES string of the molecule is CC(=O)NCC(=O)C[C@@H](Cc1ccccc1)C(=O)NCCN1C(=O)C=CC1=O. The average molecular weight is 385 g/mol. The van der Waals surface area contributed by atoms with Gasteiger partial charge in [-0.2, -0.15) is 0 Å². The Balaban J connectivity index is 1.93. The third kappa shape index (κ3) is 6.46. The molecule has 0 radical (unpaired) electrons. The molecule has 0 aliphatic carbocycles. The monoisotopic (exact) mass is 385 g/mol. The van der Waals surface area contributed by atoms with Crippen molar-refractivity contribution < 1.29 is 24.0 Å². The zero-order chi connectivity index (χ0) is 20.5. The van der Waals surface area contributed by atoms with Gasteiger partial charge in [-0.05, 0) is 12.0 Å². The molecule has 8 nitrogen and oxygen atoms in total. The molecular weight excluding hydrogens is 362 g/mol. The highest BCUT2D eigenvalue weighted by molar-refractivity contribution is 6.12. The molecule has 1 atom stereocenters. The fourth-order valence-corrected chi connectivity index (χ4v) is 2.81. The van der Waals surface area contributed by atoms with E-state index in [0.717, 1.165) is 10.5 Å². The van der Waals surface area contributed by atoms with Crippen LogP contribution in [0.1, 0.15) is 18.9 Å². The number of rotatable bonds is 10. The first-order chi connectivity index (χ1) is 13.4. The fourth-order valence-electron chi connectivity index (χ4n) is 2.81. The van der Waals surface area contributed by atoms with Crippen molar-refractivity contribution in [2.75, 3.05) is 19.6 Å². The molecule has 1 aliphatic heterocycles. The van der Waals surface area contributed by atoms with E-state index in [1.165, 1.54) is 19.1 Å². The second kappa shape index (κ2) is 10.1. The number of carbonyl (C=O) groups is 5. The summed E-state index contributed by atoms with van der Waals surface area (Å²) in [7, 11) is 0. The van der Waals surface area contributed by atoms with Gasteiger partial charge in [0, 0.05) is 44.5 Å². The predicted octanol–water partition coefficient (Wildman–Crippen LogP) is -0.0182. The van der Waals surface area contributed by atoms with Gasteiger partial charge in [0.1, 0.15) is 0 Å². The Hall–Kier alpha value is -3.29. The van der Waals surface area contributed by atoms with Gasteiger partial charge in [0.25, 0.3) is 11.8 Å². The molecule has 1 aromatic rings. The third-order valence-corrected chi connectivity index (χ3v) is 4.24. The molecule has 0 bridgehead atoms. The summed E-state index contributed by atoms with van der Waals surface area (Å²) in [6.07, 6.45) is 2.71. The molecule has 2 rings (SSSR count). The normalized spacial score (nSPS) is 14.1. The highest BCUT2D eigenvalue weighted by Crippen LogP contribution is 2.13. The highest BCUT2D eigenvalue weighted by Gasteiger charge is 2.25. The van der Waals surface area contributed by atoms with Crippen LogP contribution >= 0.6 is 0 Å². The van der Waals surface area contributed by atoms with Gasteiger partial charge in [0.15, 0.2) is 5.78 Å². The molecular formula is C20H23N3O5. The lowest BCUT2D eigenvalue weighted by atomic mass is 9.93. The lowest BCUT2D eigenvalue weighted by Crippen LogP contribution is -2.41. The molecule has 1 heterocycles. The van der Waals surface area contributed by atoms with E-state index in [4.69, 9.17) is 0 Å². The number of nitrogens with one attached hydrogen (secondary N) is 2. The number of carbonyl (C=O) groups excluding carboxylic acids is 5. The number of amides is 4. The Morgan fingerprint density at radius 2 is 1.64 bits per heavy atom. The van der Waals surface area contributed by atoms with E-state index in [2.05, 4.69) is 10.6 Å². The topological polar surface area (TPSA) is 113 Å². The molecule has 0 aromatic heterocycles. The van der Waals surface area contributed by atoms with Crippen LogP contribution < -0.4 is 10.6 Å². The maximum Gasteiger partial charge on any atom is 0.253 e.